The Balaban J connectivity index is 3.23. The topological polar surface area (TPSA) is 0 Å². The summed E-state index contributed by atoms with van der Waals surface area (Å²) in [5.74, 6) is 8.33. The molecule has 0 spiro atoms. The molecular weight excluding hydrogens is 360 g/mol. The van der Waals surface area contributed by atoms with Gasteiger partial charge in [-0.15, -0.1) is 11.8 Å². The van der Waals surface area contributed by atoms with Gasteiger partial charge < -0.3 is 0 Å². The molecular formula is C30H58. The lowest BCUT2D eigenvalue weighted by molar-refractivity contribution is 0.428. The summed E-state index contributed by atoms with van der Waals surface area (Å²) in [4.78, 5) is 0. The maximum absolute atomic E-state index is 3.26. The zero-order valence-corrected chi connectivity index (χ0v) is 21.7. The lowest BCUT2D eigenvalue weighted by Gasteiger charge is -2.11. The van der Waals surface area contributed by atoms with Crippen LogP contribution in [-0.4, -0.2) is 0 Å². The molecule has 0 radical (unpaired) electrons. The van der Waals surface area contributed by atoms with Crippen molar-refractivity contribution in [3.8, 4) is 11.8 Å². The van der Waals surface area contributed by atoms with Crippen LogP contribution in [0.5, 0.6) is 0 Å². The Hall–Kier alpha value is -0.440. The van der Waals surface area contributed by atoms with Crippen LogP contribution in [-0.2, 0) is 0 Å². The van der Waals surface area contributed by atoms with Crippen molar-refractivity contribution < 1.29 is 0 Å². The minimum atomic E-state index is 0.931. The molecule has 0 fully saturated rings. The Morgan fingerprint density at radius 1 is 0.433 bits per heavy atom. The maximum atomic E-state index is 3.26. The van der Waals surface area contributed by atoms with Crippen LogP contribution < -0.4 is 0 Å². The third-order valence-electron chi connectivity index (χ3n) is 6.74. The van der Waals surface area contributed by atoms with Gasteiger partial charge in [0.1, 0.15) is 0 Å². The van der Waals surface area contributed by atoms with Gasteiger partial charge in [-0.25, -0.2) is 0 Å². The number of hydrogen-bond donors (Lipinski definition) is 0. The lowest BCUT2D eigenvalue weighted by atomic mass is 9.95. The van der Waals surface area contributed by atoms with Crippen molar-refractivity contribution in [1.82, 2.24) is 0 Å². The van der Waals surface area contributed by atoms with E-state index in [0.717, 1.165) is 24.7 Å². The molecule has 0 aromatic heterocycles. The van der Waals surface area contributed by atoms with Crippen molar-refractivity contribution in [1.29, 1.82) is 0 Å². The molecule has 0 nitrogen and oxygen atoms in total. The molecule has 0 aromatic rings. The monoisotopic (exact) mass is 418 g/mol. The molecule has 0 amide bonds. The zero-order chi connectivity index (χ0) is 22.1. The van der Waals surface area contributed by atoms with E-state index in [9.17, 15) is 0 Å². The minimum absolute atomic E-state index is 0.931. The van der Waals surface area contributed by atoms with Crippen molar-refractivity contribution in [2.75, 3.05) is 0 Å². The smallest absolute Gasteiger partial charge is 0.00886 e. The van der Waals surface area contributed by atoms with Gasteiger partial charge in [0.25, 0.3) is 0 Å². The highest BCUT2D eigenvalue weighted by Gasteiger charge is 2.03. The molecule has 0 aromatic carbocycles. The van der Waals surface area contributed by atoms with Crippen molar-refractivity contribution in [3.63, 3.8) is 0 Å². The second kappa shape index (κ2) is 24.8. The molecule has 0 aliphatic carbocycles. The highest BCUT2D eigenvalue weighted by atomic mass is 14.1. The molecule has 0 bridgehead atoms. The van der Waals surface area contributed by atoms with Crippen LogP contribution in [0, 0.1) is 23.7 Å². The Labute approximate surface area is 192 Å². The van der Waals surface area contributed by atoms with Crippen molar-refractivity contribution in [3.05, 3.63) is 0 Å². The quantitative estimate of drug-likeness (QED) is 0.121. The second-order valence-electron chi connectivity index (χ2n) is 10.1. The summed E-state index contributed by atoms with van der Waals surface area (Å²) >= 11 is 0. The Morgan fingerprint density at radius 2 is 0.800 bits per heavy atom. The Kier molecular flexibility index (Phi) is 24.5. The highest BCUT2D eigenvalue weighted by Crippen LogP contribution is 2.20. The largest absolute Gasteiger partial charge is 0.104 e. The van der Waals surface area contributed by atoms with Gasteiger partial charge in [-0.1, -0.05) is 150 Å². The first kappa shape index (κ1) is 29.6. The number of unbranched alkanes of at least 4 members (excludes halogenated alkanes) is 14. The van der Waals surface area contributed by atoms with Crippen LogP contribution in [0.2, 0.25) is 0 Å². The normalized spacial score (nSPS) is 13.1. The van der Waals surface area contributed by atoms with E-state index in [1.165, 1.54) is 128 Å². The summed E-state index contributed by atoms with van der Waals surface area (Å²) < 4.78 is 0. The van der Waals surface area contributed by atoms with E-state index in [1.807, 2.05) is 0 Å². The first-order valence-corrected chi connectivity index (χ1v) is 14.2. The van der Waals surface area contributed by atoms with E-state index >= 15 is 0 Å². The zero-order valence-electron chi connectivity index (χ0n) is 21.7. The van der Waals surface area contributed by atoms with Crippen LogP contribution in [0.15, 0.2) is 0 Å². The molecule has 30 heavy (non-hydrogen) atoms. The van der Waals surface area contributed by atoms with Crippen molar-refractivity contribution in [2.45, 2.75) is 169 Å². The molecule has 178 valence electrons. The van der Waals surface area contributed by atoms with Gasteiger partial charge in [0.15, 0.2) is 0 Å². The van der Waals surface area contributed by atoms with Crippen LogP contribution in [0.3, 0.4) is 0 Å². The van der Waals surface area contributed by atoms with Gasteiger partial charge in [0, 0.05) is 12.8 Å². The Morgan fingerprint density at radius 3 is 1.20 bits per heavy atom. The van der Waals surface area contributed by atoms with Crippen LogP contribution in [0.4, 0.5) is 0 Å². The number of rotatable bonds is 22. The summed E-state index contributed by atoms with van der Waals surface area (Å²) in [7, 11) is 0. The van der Waals surface area contributed by atoms with E-state index in [1.54, 1.807) is 0 Å². The van der Waals surface area contributed by atoms with Gasteiger partial charge in [-0.05, 0) is 18.3 Å². The summed E-state index contributed by atoms with van der Waals surface area (Å²) in [5.41, 5.74) is 0. The van der Waals surface area contributed by atoms with Crippen molar-refractivity contribution >= 4 is 0 Å². The van der Waals surface area contributed by atoms with E-state index in [-0.39, 0.29) is 0 Å². The average Bonchev–Trinajstić information content (AvgIpc) is 2.74. The first-order chi connectivity index (χ1) is 14.7. The fourth-order valence-corrected chi connectivity index (χ4v) is 4.53. The van der Waals surface area contributed by atoms with Crippen molar-refractivity contribution in [2.24, 2.45) is 11.8 Å². The van der Waals surface area contributed by atoms with Gasteiger partial charge in [0.05, 0.1) is 0 Å². The third-order valence-corrected chi connectivity index (χ3v) is 6.74. The SMILES string of the molecule is CCC#CCCCCCC(C)CCCCCCCCCCCC(C)CCCCCC. The Bertz CT molecular complexity index is 371. The molecule has 0 aliphatic heterocycles. The standard InChI is InChI=1S/C30H58/c1-5-7-9-11-15-18-22-27-30(4)28-24-20-17-14-12-13-16-19-23-26-29(3)25-21-10-8-6-2/h29-30H,5-6,8,10-28H2,1-4H3. The van der Waals surface area contributed by atoms with Gasteiger partial charge in [-0.3, -0.25) is 0 Å². The molecule has 0 heterocycles. The predicted molar refractivity (Wildman–Crippen MR) is 139 cm³/mol. The van der Waals surface area contributed by atoms with E-state index < -0.39 is 0 Å². The molecule has 0 rings (SSSR count). The van der Waals surface area contributed by atoms with Crippen LogP contribution in [0.25, 0.3) is 0 Å². The number of hydrogen-bond acceptors (Lipinski definition) is 0. The van der Waals surface area contributed by atoms with Gasteiger partial charge in [0.2, 0.25) is 0 Å². The van der Waals surface area contributed by atoms with Crippen LogP contribution in [0.1, 0.15) is 169 Å². The van der Waals surface area contributed by atoms with Gasteiger partial charge in [-0.2, -0.15) is 0 Å². The molecule has 0 N–H and O–H groups in total. The average molecular weight is 419 g/mol. The molecule has 0 heteroatoms. The predicted octanol–water partition coefficient (Wildman–Crippen LogP) is 10.9. The minimum Gasteiger partial charge on any atom is -0.104 e. The molecule has 0 saturated heterocycles. The summed E-state index contributed by atoms with van der Waals surface area (Å²) in [6.45, 7) is 9.37. The molecule has 0 aliphatic rings. The summed E-state index contributed by atoms with van der Waals surface area (Å²) in [5, 5.41) is 0. The molecule has 0 saturated carbocycles. The van der Waals surface area contributed by atoms with E-state index in [0.29, 0.717) is 0 Å². The first-order valence-electron chi connectivity index (χ1n) is 14.2. The highest BCUT2D eigenvalue weighted by molar-refractivity contribution is 4.97. The van der Waals surface area contributed by atoms with Gasteiger partial charge >= 0.3 is 0 Å². The lowest BCUT2D eigenvalue weighted by Crippen LogP contribution is -1.95. The summed E-state index contributed by atoms with van der Waals surface area (Å²) in [6.07, 6.45) is 31.0. The third kappa shape index (κ3) is 23.8. The fourth-order valence-electron chi connectivity index (χ4n) is 4.53. The fraction of sp³-hybridized carbons (Fsp3) is 0.933. The second-order valence-corrected chi connectivity index (χ2v) is 10.1. The molecule has 2 atom stereocenters. The van der Waals surface area contributed by atoms with Crippen LogP contribution >= 0.6 is 0 Å². The molecule has 2 unspecified atom stereocenters. The summed E-state index contributed by atoms with van der Waals surface area (Å²) in [6, 6.07) is 0. The van der Waals surface area contributed by atoms with E-state index in [4.69, 9.17) is 0 Å². The van der Waals surface area contributed by atoms with E-state index in [2.05, 4.69) is 39.5 Å². The maximum Gasteiger partial charge on any atom is 0.00886 e.